The summed E-state index contributed by atoms with van der Waals surface area (Å²) in [5, 5.41) is 14.3. The van der Waals surface area contributed by atoms with E-state index < -0.39 is 6.10 Å². The summed E-state index contributed by atoms with van der Waals surface area (Å²) in [5.74, 6) is 0.856. The molecule has 5 nitrogen and oxygen atoms in total. The number of hydrogen-bond acceptors (Lipinski definition) is 4. The van der Waals surface area contributed by atoms with E-state index in [1.165, 1.54) is 18.0 Å². The molecular formula is C10H11ClN2O3. The molecule has 0 aliphatic rings. The van der Waals surface area contributed by atoms with Gasteiger partial charge in [0.25, 0.3) is 0 Å². The summed E-state index contributed by atoms with van der Waals surface area (Å²) in [6.45, 7) is 0. The fourth-order valence-electron chi connectivity index (χ4n) is 1.51. The van der Waals surface area contributed by atoms with Crippen molar-refractivity contribution in [3.8, 4) is 5.75 Å². The molecule has 0 bridgehead atoms. The van der Waals surface area contributed by atoms with Crippen molar-refractivity contribution in [3.63, 3.8) is 0 Å². The first-order valence-corrected chi connectivity index (χ1v) is 5.00. The van der Waals surface area contributed by atoms with Gasteiger partial charge in [0.05, 0.1) is 13.3 Å². The summed E-state index contributed by atoms with van der Waals surface area (Å²) >= 11 is 5.65. The predicted molar refractivity (Wildman–Crippen MR) is 57.5 cm³/mol. The second kappa shape index (κ2) is 4.19. The van der Waals surface area contributed by atoms with Crippen molar-refractivity contribution >= 4 is 11.6 Å². The molecule has 0 saturated heterocycles. The highest BCUT2D eigenvalue weighted by Crippen LogP contribution is 2.31. The Hall–Kier alpha value is -1.46. The number of furan rings is 1. The number of aromatic nitrogens is 2. The average Bonchev–Trinajstić information content (AvgIpc) is 2.83. The Morgan fingerprint density at radius 2 is 2.31 bits per heavy atom. The molecule has 2 aromatic rings. The van der Waals surface area contributed by atoms with Gasteiger partial charge in [0.1, 0.15) is 11.5 Å². The maximum absolute atomic E-state index is 10.1. The minimum Gasteiger partial charge on any atom is -0.493 e. The Balaban J connectivity index is 2.40. The summed E-state index contributed by atoms with van der Waals surface area (Å²) in [4.78, 5) is 0. The topological polar surface area (TPSA) is 60.4 Å². The van der Waals surface area contributed by atoms with Crippen molar-refractivity contribution in [2.24, 2.45) is 7.05 Å². The Morgan fingerprint density at radius 1 is 1.56 bits per heavy atom. The summed E-state index contributed by atoms with van der Waals surface area (Å²) in [6.07, 6.45) is 0.582. The lowest BCUT2D eigenvalue weighted by Crippen LogP contribution is -2.07. The largest absolute Gasteiger partial charge is 0.493 e. The molecule has 0 spiro atoms. The van der Waals surface area contributed by atoms with Crippen LogP contribution in [0.2, 0.25) is 5.22 Å². The lowest BCUT2D eigenvalue weighted by molar-refractivity contribution is 0.176. The van der Waals surface area contributed by atoms with Crippen molar-refractivity contribution in [2.45, 2.75) is 6.10 Å². The minimum absolute atomic E-state index is 0.232. The fraction of sp³-hybridized carbons (Fsp3) is 0.300. The third-order valence-corrected chi connectivity index (χ3v) is 2.49. The van der Waals surface area contributed by atoms with E-state index in [4.69, 9.17) is 20.8 Å². The number of methoxy groups -OCH3 is 1. The van der Waals surface area contributed by atoms with Gasteiger partial charge >= 0.3 is 0 Å². The van der Waals surface area contributed by atoms with Crippen LogP contribution in [-0.4, -0.2) is 22.0 Å². The highest BCUT2D eigenvalue weighted by molar-refractivity contribution is 6.28. The number of aliphatic hydroxyl groups excluding tert-OH is 1. The van der Waals surface area contributed by atoms with Crippen molar-refractivity contribution < 1.29 is 14.3 Å². The van der Waals surface area contributed by atoms with Gasteiger partial charge in [0.2, 0.25) is 0 Å². The maximum Gasteiger partial charge on any atom is 0.193 e. The minimum atomic E-state index is -0.949. The molecular weight excluding hydrogens is 232 g/mol. The molecule has 0 saturated carbocycles. The molecule has 2 heterocycles. The molecule has 0 amide bonds. The van der Waals surface area contributed by atoms with Crippen LogP contribution in [0.1, 0.15) is 17.6 Å². The summed E-state index contributed by atoms with van der Waals surface area (Å²) in [6, 6.07) is 3.18. The van der Waals surface area contributed by atoms with E-state index in [1.807, 2.05) is 0 Å². The number of rotatable bonds is 3. The van der Waals surface area contributed by atoms with Crippen molar-refractivity contribution in [1.82, 2.24) is 9.78 Å². The summed E-state index contributed by atoms with van der Waals surface area (Å²) in [5.41, 5.74) is 0.522. The Kier molecular flexibility index (Phi) is 2.89. The molecule has 0 aromatic carbocycles. The summed E-state index contributed by atoms with van der Waals surface area (Å²) in [7, 11) is 3.23. The molecule has 1 unspecified atom stereocenters. The fourth-order valence-corrected chi connectivity index (χ4v) is 1.66. The standard InChI is InChI=1S/C10H11ClN2O3/c1-13-9(7(15-2)5-12-13)10(14)6-3-4-8(11)16-6/h3-5,10,14H,1-2H3. The van der Waals surface area contributed by atoms with E-state index in [1.54, 1.807) is 19.2 Å². The lowest BCUT2D eigenvalue weighted by Gasteiger charge is -2.10. The zero-order valence-corrected chi connectivity index (χ0v) is 9.60. The molecule has 0 aliphatic carbocycles. The highest BCUT2D eigenvalue weighted by atomic mass is 35.5. The van der Waals surface area contributed by atoms with Crippen molar-refractivity contribution in [2.75, 3.05) is 7.11 Å². The SMILES string of the molecule is COc1cnn(C)c1C(O)c1ccc(Cl)o1. The molecule has 2 aromatic heterocycles. The van der Waals surface area contributed by atoms with Crippen LogP contribution >= 0.6 is 11.6 Å². The van der Waals surface area contributed by atoms with Crippen LogP contribution in [0.25, 0.3) is 0 Å². The van der Waals surface area contributed by atoms with Crippen LogP contribution in [0.5, 0.6) is 5.75 Å². The van der Waals surface area contributed by atoms with E-state index in [9.17, 15) is 5.11 Å². The maximum atomic E-state index is 10.1. The third-order valence-electron chi connectivity index (χ3n) is 2.29. The molecule has 86 valence electrons. The first-order chi connectivity index (χ1) is 7.63. The highest BCUT2D eigenvalue weighted by Gasteiger charge is 2.22. The Morgan fingerprint density at radius 3 is 2.88 bits per heavy atom. The monoisotopic (exact) mass is 242 g/mol. The van der Waals surface area contributed by atoms with Crippen molar-refractivity contribution in [1.29, 1.82) is 0 Å². The van der Waals surface area contributed by atoms with Crippen LogP contribution in [0.3, 0.4) is 0 Å². The molecule has 0 radical (unpaired) electrons. The quantitative estimate of drug-likeness (QED) is 0.891. The predicted octanol–water partition coefficient (Wildman–Crippen LogP) is 1.76. The van der Waals surface area contributed by atoms with Gasteiger partial charge in [0, 0.05) is 7.05 Å². The number of aryl methyl sites for hydroxylation is 1. The van der Waals surface area contributed by atoms with Crippen molar-refractivity contribution in [3.05, 3.63) is 35.0 Å². The third kappa shape index (κ3) is 1.79. The van der Waals surface area contributed by atoms with Gasteiger partial charge in [-0.25, -0.2) is 0 Å². The molecule has 0 fully saturated rings. The number of halogens is 1. The zero-order valence-electron chi connectivity index (χ0n) is 8.85. The number of nitrogens with zero attached hydrogens (tertiary/aromatic N) is 2. The number of hydrogen-bond donors (Lipinski definition) is 1. The van der Waals surface area contributed by atoms with Gasteiger partial charge in [-0.15, -0.1) is 0 Å². The van der Waals surface area contributed by atoms with Crippen LogP contribution in [0, 0.1) is 0 Å². The van der Waals surface area contributed by atoms with Gasteiger partial charge in [-0.2, -0.15) is 5.10 Å². The molecule has 1 atom stereocenters. The second-order valence-electron chi connectivity index (χ2n) is 3.27. The number of aliphatic hydroxyl groups is 1. The summed E-state index contributed by atoms with van der Waals surface area (Å²) < 4.78 is 11.8. The van der Waals surface area contributed by atoms with E-state index in [-0.39, 0.29) is 5.22 Å². The smallest absolute Gasteiger partial charge is 0.193 e. The van der Waals surface area contributed by atoms with Crippen LogP contribution in [0.15, 0.2) is 22.7 Å². The number of ether oxygens (including phenoxy) is 1. The van der Waals surface area contributed by atoms with Gasteiger partial charge in [-0.05, 0) is 23.7 Å². The Labute approximate surface area is 97.2 Å². The zero-order chi connectivity index (χ0) is 11.7. The molecule has 0 aliphatic heterocycles. The van der Waals surface area contributed by atoms with Crippen LogP contribution < -0.4 is 4.74 Å². The molecule has 2 rings (SSSR count). The average molecular weight is 243 g/mol. The molecule has 6 heteroatoms. The first kappa shape index (κ1) is 11.0. The second-order valence-corrected chi connectivity index (χ2v) is 3.64. The lowest BCUT2D eigenvalue weighted by atomic mass is 10.2. The van der Waals surface area contributed by atoms with E-state index >= 15 is 0 Å². The van der Waals surface area contributed by atoms with E-state index in [2.05, 4.69) is 5.10 Å². The Bertz CT molecular complexity index is 492. The first-order valence-electron chi connectivity index (χ1n) is 4.62. The van der Waals surface area contributed by atoms with Crippen LogP contribution in [-0.2, 0) is 7.05 Å². The van der Waals surface area contributed by atoms with E-state index in [0.717, 1.165) is 0 Å². The van der Waals surface area contributed by atoms with E-state index in [0.29, 0.717) is 17.2 Å². The van der Waals surface area contributed by atoms with Gasteiger partial charge in [0.15, 0.2) is 17.1 Å². The normalized spacial score (nSPS) is 12.8. The van der Waals surface area contributed by atoms with Crippen LogP contribution in [0.4, 0.5) is 0 Å². The molecule has 1 N–H and O–H groups in total. The molecule has 16 heavy (non-hydrogen) atoms. The van der Waals surface area contributed by atoms with Gasteiger partial charge in [-0.1, -0.05) is 0 Å². The van der Waals surface area contributed by atoms with Gasteiger partial charge in [-0.3, -0.25) is 4.68 Å². The van der Waals surface area contributed by atoms with Gasteiger partial charge < -0.3 is 14.3 Å².